The van der Waals surface area contributed by atoms with Crippen LogP contribution in [0, 0.1) is 6.92 Å². The molecular formula is C35H44NSi+. The van der Waals surface area contributed by atoms with E-state index in [0.29, 0.717) is 5.92 Å². The molecule has 1 aliphatic carbocycles. The van der Waals surface area contributed by atoms with Crippen molar-refractivity contribution in [2.45, 2.75) is 83.8 Å². The summed E-state index contributed by atoms with van der Waals surface area (Å²) < 4.78 is 2.35. The number of benzene rings is 3. The number of nitrogens with zero attached hydrogens (tertiary/aromatic N) is 1. The van der Waals surface area contributed by atoms with Crippen molar-refractivity contribution < 1.29 is 4.57 Å². The molecule has 1 fully saturated rings. The highest BCUT2D eigenvalue weighted by Gasteiger charge is 2.35. The topological polar surface area (TPSA) is 3.88 Å². The lowest BCUT2D eigenvalue weighted by Crippen LogP contribution is -2.49. The summed E-state index contributed by atoms with van der Waals surface area (Å²) in [6.45, 7) is 12.1. The van der Waals surface area contributed by atoms with Crippen LogP contribution in [0.5, 0.6) is 0 Å². The van der Waals surface area contributed by atoms with Gasteiger partial charge in [0.15, 0.2) is 6.20 Å². The first kappa shape index (κ1) is 25.9. The van der Waals surface area contributed by atoms with Gasteiger partial charge in [-0.2, -0.15) is 0 Å². The Morgan fingerprint density at radius 2 is 1.57 bits per heavy atom. The molecule has 0 atom stereocenters. The van der Waals surface area contributed by atoms with Gasteiger partial charge in [-0.25, -0.2) is 4.57 Å². The zero-order valence-electron chi connectivity index (χ0n) is 23.8. The maximum atomic E-state index is 2.55. The van der Waals surface area contributed by atoms with Gasteiger partial charge in [0.25, 0.3) is 0 Å². The van der Waals surface area contributed by atoms with Crippen LogP contribution in [0.4, 0.5) is 0 Å². The first-order valence-electron chi connectivity index (χ1n) is 14.5. The highest BCUT2D eigenvalue weighted by Crippen LogP contribution is 2.42. The molecule has 37 heavy (non-hydrogen) atoms. The normalized spacial score (nSPS) is 14.7. The fourth-order valence-corrected chi connectivity index (χ4v) is 11.7. The number of rotatable bonds is 7. The van der Waals surface area contributed by atoms with Crippen LogP contribution in [0.3, 0.4) is 0 Å². The minimum atomic E-state index is -1.52. The van der Waals surface area contributed by atoms with E-state index in [9.17, 15) is 0 Å². The van der Waals surface area contributed by atoms with Crippen molar-refractivity contribution in [1.82, 2.24) is 0 Å². The van der Waals surface area contributed by atoms with Crippen molar-refractivity contribution in [1.29, 1.82) is 0 Å². The third-order valence-corrected chi connectivity index (χ3v) is 15.9. The van der Waals surface area contributed by atoms with Gasteiger partial charge in [0.05, 0.1) is 19.0 Å². The predicted octanol–water partition coefficient (Wildman–Crippen LogP) is 9.07. The van der Waals surface area contributed by atoms with Gasteiger partial charge in [-0.05, 0) is 71.0 Å². The second-order valence-corrected chi connectivity index (χ2v) is 17.1. The Bertz CT molecular complexity index is 1390. The van der Waals surface area contributed by atoms with Crippen LogP contribution in [0.25, 0.3) is 33.2 Å². The zero-order chi connectivity index (χ0) is 26.2. The molecule has 1 heterocycles. The number of pyridine rings is 1. The minimum Gasteiger partial charge on any atom is -0.200 e. The Kier molecular flexibility index (Phi) is 7.41. The molecule has 1 aromatic heterocycles. The number of fused-ring (bicyclic) bond motifs is 1. The summed E-state index contributed by atoms with van der Waals surface area (Å²) in [5, 5.41) is 4.39. The average molecular weight is 507 g/mol. The summed E-state index contributed by atoms with van der Waals surface area (Å²) in [4.78, 5) is 0. The van der Waals surface area contributed by atoms with Gasteiger partial charge < -0.3 is 0 Å². The number of aryl methyl sites for hydroxylation is 1. The molecule has 4 aromatic rings. The summed E-state index contributed by atoms with van der Waals surface area (Å²) in [5.41, 5.74) is 9.17. The lowest BCUT2D eigenvalue weighted by atomic mass is 9.85. The summed E-state index contributed by atoms with van der Waals surface area (Å²) in [7, 11) is 0.698. The van der Waals surface area contributed by atoms with Gasteiger partial charge in [0.2, 0.25) is 5.69 Å². The maximum Gasteiger partial charge on any atom is 0.220 e. The Morgan fingerprint density at radius 3 is 2.22 bits per heavy atom. The molecule has 3 aromatic carbocycles. The largest absolute Gasteiger partial charge is 0.220 e. The van der Waals surface area contributed by atoms with Crippen LogP contribution in [-0.4, -0.2) is 8.07 Å². The van der Waals surface area contributed by atoms with Gasteiger partial charge in [0.1, 0.15) is 7.05 Å². The molecule has 0 radical (unpaired) electrons. The first-order chi connectivity index (χ1) is 17.9. The molecule has 0 saturated heterocycles. The van der Waals surface area contributed by atoms with Crippen LogP contribution in [0.15, 0.2) is 72.9 Å². The van der Waals surface area contributed by atoms with E-state index in [4.69, 9.17) is 0 Å². The van der Waals surface area contributed by atoms with Gasteiger partial charge in [-0.1, -0.05) is 106 Å². The lowest BCUT2D eigenvalue weighted by Gasteiger charge is -2.34. The molecule has 5 rings (SSSR count). The molecular weight excluding hydrogens is 462 g/mol. The molecule has 0 aliphatic heterocycles. The van der Waals surface area contributed by atoms with Gasteiger partial charge in [-0.3, -0.25) is 0 Å². The van der Waals surface area contributed by atoms with E-state index in [1.165, 1.54) is 76.5 Å². The fourth-order valence-electron chi connectivity index (χ4n) is 7.27. The summed E-state index contributed by atoms with van der Waals surface area (Å²) in [5.74, 6) is 0.682. The third-order valence-electron chi connectivity index (χ3n) is 9.68. The molecule has 0 spiro atoms. The molecule has 0 bridgehead atoms. The van der Waals surface area contributed by atoms with E-state index in [2.05, 4.69) is 119 Å². The highest BCUT2D eigenvalue weighted by molar-refractivity contribution is 6.93. The third kappa shape index (κ3) is 4.59. The maximum absolute atomic E-state index is 2.55. The molecule has 1 saturated carbocycles. The van der Waals surface area contributed by atoms with Gasteiger partial charge >= 0.3 is 0 Å². The predicted molar refractivity (Wildman–Crippen MR) is 163 cm³/mol. The van der Waals surface area contributed by atoms with Crippen LogP contribution in [0.1, 0.15) is 70.4 Å². The SMILES string of the molecule is CC[Si](CC)(c1ccc2c(-c3cc(-c4ccccc4)cc(C4CCCC4)c3C)[n+](C)ccc2c1)C(C)C. The lowest BCUT2D eigenvalue weighted by molar-refractivity contribution is -0.659. The van der Waals surface area contributed by atoms with Crippen LogP contribution >= 0.6 is 0 Å². The second kappa shape index (κ2) is 10.6. The Balaban J connectivity index is 1.75. The summed E-state index contributed by atoms with van der Waals surface area (Å²) in [6, 6.07) is 28.3. The molecule has 0 unspecified atom stereocenters. The number of hydrogen-bond acceptors (Lipinski definition) is 0. The van der Waals surface area contributed by atoms with E-state index < -0.39 is 8.07 Å². The highest BCUT2D eigenvalue weighted by atomic mass is 28.3. The monoisotopic (exact) mass is 506 g/mol. The van der Waals surface area contributed by atoms with E-state index in [1.807, 2.05) is 0 Å². The zero-order valence-corrected chi connectivity index (χ0v) is 24.8. The Morgan fingerprint density at radius 1 is 0.865 bits per heavy atom. The van der Waals surface area contributed by atoms with Crippen molar-refractivity contribution in [3.05, 3.63) is 84.1 Å². The van der Waals surface area contributed by atoms with Crippen molar-refractivity contribution >= 4 is 24.0 Å². The standard InChI is InChI=1S/C35H44NSi/c1-7-37(8-2,25(3)4)31-18-19-32-29(22-31)20-21-36(6)35(32)34-24-30(27-14-10-9-11-15-27)23-33(26(34)5)28-16-12-13-17-28/h9-11,14-15,18-25,28H,7-8,12-13,16-17H2,1-6H3/q+1. The van der Waals surface area contributed by atoms with Crippen molar-refractivity contribution in [2.75, 3.05) is 0 Å². The van der Waals surface area contributed by atoms with Crippen molar-refractivity contribution in [2.24, 2.45) is 7.05 Å². The van der Waals surface area contributed by atoms with E-state index in [-0.39, 0.29) is 0 Å². The molecule has 1 aliphatic rings. The number of hydrogen-bond donors (Lipinski definition) is 0. The number of aromatic nitrogens is 1. The van der Waals surface area contributed by atoms with Crippen molar-refractivity contribution in [3.63, 3.8) is 0 Å². The smallest absolute Gasteiger partial charge is 0.200 e. The van der Waals surface area contributed by atoms with Gasteiger partial charge in [-0.15, -0.1) is 0 Å². The molecule has 1 nitrogen and oxygen atoms in total. The quantitative estimate of drug-likeness (QED) is 0.174. The Hall–Kier alpha value is -2.71. The minimum absolute atomic E-state index is 0.682. The van der Waals surface area contributed by atoms with Crippen LogP contribution in [-0.2, 0) is 7.05 Å². The summed E-state index contributed by atoms with van der Waals surface area (Å²) in [6.07, 6.45) is 7.63. The van der Waals surface area contributed by atoms with Crippen molar-refractivity contribution in [3.8, 4) is 22.4 Å². The molecule has 192 valence electrons. The molecule has 0 N–H and O–H groups in total. The molecule has 2 heteroatoms. The first-order valence-corrected chi connectivity index (χ1v) is 17.0. The van der Waals surface area contributed by atoms with Crippen LogP contribution in [0.2, 0.25) is 17.6 Å². The second-order valence-electron chi connectivity index (χ2n) is 11.7. The van der Waals surface area contributed by atoms with E-state index in [1.54, 1.807) is 10.8 Å². The molecule has 0 amide bonds. The fraction of sp³-hybridized carbons (Fsp3) is 0.400. The Labute approximate surface area is 225 Å². The van der Waals surface area contributed by atoms with Gasteiger partial charge in [0, 0.05) is 6.07 Å². The average Bonchev–Trinajstić information content (AvgIpc) is 3.45. The van der Waals surface area contributed by atoms with Crippen LogP contribution < -0.4 is 9.75 Å². The van der Waals surface area contributed by atoms with E-state index >= 15 is 0 Å². The summed E-state index contributed by atoms with van der Waals surface area (Å²) >= 11 is 0. The van der Waals surface area contributed by atoms with E-state index in [0.717, 1.165) is 5.54 Å².